The Bertz CT molecular complexity index is 336. The number of aryl methyl sites for hydroxylation is 2. The van der Waals surface area contributed by atoms with Crippen molar-refractivity contribution in [3.63, 3.8) is 0 Å². The van der Waals surface area contributed by atoms with E-state index in [1.807, 2.05) is 19.1 Å². The van der Waals surface area contributed by atoms with E-state index < -0.39 is 12.0 Å². The Morgan fingerprint density at radius 1 is 1.53 bits per heavy atom. The molecule has 1 atom stereocenters. The average molecular weight is 207 g/mol. The highest BCUT2D eigenvalue weighted by Crippen LogP contribution is 2.08. The lowest BCUT2D eigenvalue weighted by Gasteiger charge is -2.06. The summed E-state index contributed by atoms with van der Waals surface area (Å²) < 4.78 is 0. The van der Waals surface area contributed by atoms with Gasteiger partial charge in [0.05, 0.1) is 0 Å². The molecular formula is C12H17NO2. The van der Waals surface area contributed by atoms with Crippen LogP contribution in [-0.4, -0.2) is 17.1 Å². The Morgan fingerprint density at radius 2 is 2.27 bits per heavy atom. The Balaban J connectivity index is 2.35. The molecule has 3 nitrogen and oxygen atoms in total. The molecule has 15 heavy (non-hydrogen) atoms. The van der Waals surface area contributed by atoms with Crippen LogP contribution >= 0.6 is 0 Å². The van der Waals surface area contributed by atoms with E-state index in [-0.39, 0.29) is 0 Å². The molecule has 0 unspecified atom stereocenters. The lowest BCUT2D eigenvalue weighted by Crippen LogP contribution is -2.29. The third-order valence-corrected chi connectivity index (χ3v) is 2.38. The number of carboxylic acid groups (broad SMARTS) is 1. The summed E-state index contributed by atoms with van der Waals surface area (Å²) in [6, 6.07) is 7.51. The van der Waals surface area contributed by atoms with Gasteiger partial charge in [0.25, 0.3) is 0 Å². The molecule has 3 heteroatoms. The van der Waals surface area contributed by atoms with Gasteiger partial charge in [-0.3, -0.25) is 4.79 Å². The minimum atomic E-state index is -0.917. The molecule has 3 N–H and O–H groups in total. The van der Waals surface area contributed by atoms with Gasteiger partial charge in [-0.15, -0.1) is 0 Å². The second kappa shape index (κ2) is 5.51. The second-order valence-electron chi connectivity index (χ2n) is 3.83. The lowest BCUT2D eigenvalue weighted by molar-refractivity contribution is -0.138. The molecule has 0 aliphatic heterocycles. The Kier molecular flexibility index (Phi) is 4.31. The van der Waals surface area contributed by atoms with E-state index in [4.69, 9.17) is 10.8 Å². The zero-order valence-corrected chi connectivity index (χ0v) is 8.94. The normalized spacial score (nSPS) is 12.4. The summed E-state index contributed by atoms with van der Waals surface area (Å²) in [6.45, 7) is 2.05. The van der Waals surface area contributed by atoms with Crippen molar-refractivity contribution in [3.8, 4) is 0 Å². The minimum absolute atomic E-state index is 0.531. The summed E-state index contributed by atoms with van der Waals surface area (Å²) in [4.78, 5) is 10.5. The monoisotopic (exact) mass is 207 g/mol. The average Bonchev–Trinajstić information content (AvgIpc) is 2.17. The van der Waals surface area contributed by atoms with Crippen LogP contribution in [0.5, 0.6) is 0 Å². The van der Waals surface area contributed by atoms with E-state index in [9.17, 15) is 4.79 Å². The van der Waals surface area contributed by atoms with E-state index in [2.05, 4.69) is 12.1 Å². The molecular weight excluding hydrogens is 190 g/mol. The maximum atomic E-state index is 10.5. The van der Waals surface area contributed by atoms with Gasteiger partial charge in [0.15, 0.2) is 0 Å². The number of hydrogen-bond donors (Lipinski definition) is 2. The van der Waals surface area contributed by atoms with Gasteiger partial charge in [0.2, 0.25) is 0 Å². The molecule has 0 bridgehead atoms. The van der Waals surface area contributed by atoms with Gasteiger partial charge in [-0.25, -0.2) is 0 Å². The number of hydrogen-bond acceptors (Lipinski definition) is 2. The topological polar surface area (TPSA) is 63.3 Å². The molecule has 1 aromatic rings. The summed E-state index contributed by atoms with van der Waals surface area (Å²) in [5.74, 6) is -0.917. The summed E-state index contributed by atoms with van der Waals surface area (Å²) in [7, 11) is 0. The van der Waals surface area contributed by atoms with Crippen molar-refractivity contribution in [3.05, 3.63) is 35.4 Å². The van der Waals surface area contributed by atoms with Gasteiger partial charge in [-0.2, -0.15) is 0 Å². The molecule has 0 radical (unpaired) electrons. The van der Waals surface area contributed by atoms with E-state index in [0.717, 1.165) is 12.8 Å². The quantitative estimate of drug-likeness (QED) is 0.772. The first-order valence-corrected chi connectivity index (χ1v) is 5.13. The molecule has 82 valence electrons. The third-order valence-electron chi connectivity index (χ3n) is 2.38. The van der Waals surface area contributed by atoms with Gasteiger partial charge in [0.1, 0.15) is 6.04 Å². The Morgan fingerprint density at radius 3 is 2.87 bits per heavy atom. The molecule has 1 rings (SSSR count). The maximum Gasteiger partial charge on any atom is 0.320 e. The highest BCUT2D eigenvalue weighted by molar-refractivity contribution is 5.72. The molecule has 1 aromatic carbocycles. The van der Waals surface area contributed by atoms with Crippen molar-refractivity contribution in [2.45, 2.75) is 32.2 Å². The first kappa shape index (κ1) is 11.7. The highest BCUT2D eigenvalue weighted by atomic mass is 16.4. The fourth-order valence-electron chi connectivity index (χ4n) is 1.52. The SMILES string of the molecule is Cc1cccc(CCC[C@H](N)C(=O)O)c1. The van der Waals surface area contributed by atoms with Gasteiger partial charge in [0, 0.05) is 0 Å². The van der Waals surface area contributed by atoms with Crippen LogP contribution in [0.3, 0.4) is 0 Å². The Labute approximate surface area is 89.9 Å². The Hall–Kier alpha value is -1.35. The predicted octanol–water partition coefficient (Wildman–Crippen LogP) is 1.73. The molecule has 0 saturated heterocycles. The molecule has 0 amide bonds. The van der Waals surface area contributed by atoms with Crippen molar-refractivity contribution in [2.24, 2.45) is 5.73 Å². The first-order chi connectivity index (χ1) is 7.09. The summed E-state index contributed by atoms with van der Waals surface area (Å²) in [5, 5.41) is 8.60. The summed E-state index contributed by atoms with van der Waals surface area (Å²) in [5.41, 5.74) is 7.89. The highest BCUT2D eigenvalue weighted by Gasteiger charge is 2.10. The van der Waals surface area contributed by atoms with Gasteiger partial charge in [-0.05, 0) is 31.7 Å². The summed E-state index contributed by atoms with van der Waals surface area (Å²) in [6.07, 6.45) is 2.24. The van der Waals surface area contributed by atoms with E-state index in [1.165, 1.54) is 11.1 Å². The minimum Gasteiger partial charge on any atom is -0.480 e. The van der Waals surface area contributed by atoms with Crippen molar-refractivity contribution in [1.82, 2.24) is 0 Å². The fourth-order valence-corrected chi connectivity index (χ4v) is 1.52. The molecule has 0 saturated carbocycles. The van der Waals surface area contributed by atoms with Crippen LogP contribution in [0.15, 0.2) is 24.3 Å². The van der Waals surface area contributed by atoms with Crippen LogP contribution in [0, 0.1) is 6.92 Å². The van der Waals surface area contributed by atoms with Crippen molar-refractivity contribution in [1.29, 1.82) is 0 Å². The second-order valence-corrected chi connectivity index (χ2v) is 3.83. The number of nitrogens with two attached hydrogens (primary N) is 1. The molecule has 0 aliphatic rings. The smallest absolute Gasteiger partial charge is 0.320 e. The number of carboxylic acids is 1. The van der Waals surface area contributed by atoms with Gasteiger partial charge in [-0.1, -0.05) is 29.8 Å². The lowest BCUT2D eigenvalue weighted by atomic mass is 10.0. The van der Waals surface area contributed by atoms with Crippen LogP contribution in [0.25, 0.3) is 0 Å². The molecule has 0 aliphatic carbocycles. The van der Waals surface area contributed by atoms with E-state index in [1.54, 1.807) is 0 Å². The van der Waals surface area contributed by atoms with E-state index in [0.29, 0.717) is 6.42 Å². The van der Waals surface area contributed by atoms with Crippen molar-refractivity contribution >= 4 is 5.97 Å². The largest absolute Gasteiger partial charge is 0.480 e. The van der Waals surface area contributed by atoms with E-state index >= 15 is 0 Å². The van der Waals surface area contributed by atoms with Crippen LogP contribution in [0.4, 0.5) is 0 Å². The van der Waals surface area contributed by atoms with Crippen LogP contribution in [-0.2, 0) is 11.2 Å². The van der Waals surface area contributed by atoms with Crippen LogP contribution in [0.1, 0.15) is 24.0 Å². The van der Waals surface area contributed by atoms with Crippen LogP contribution in [0.2, 0.25) is 0 Å². The number of benzene rings is 1. The number of aliphatic carboxylic acids is 1. The van der Waals surface area contributed by atoms with Crippen LogP contribution < -0.4 is 5.73 Å². The molecule has 0 fully saturated rings. The third kappa shape index (κ3) is 4.13. The van der Waals surface area contributed by atoms with Crippen molar-refractivity contribution in [2.75, 3.05) is 0 Å². The van der Waals surface area contributed by atoms with Crippen molar-refractivity contribution < 1.29 is 9.90 Å². The van der Waals surface area contributed by atoms with Gasteiger partial charge >= 0.3 is 5.97 Å². The maximum absolute atomic E-state index is 10.5. The molecule has 0 spiro atoms. The number of rotatable bonds is 5. The van der Waals surface area contributed by atoms with Gasteiger partial charge < -0.3 is 10.8 Å². The first-order valence-electron chi connectivity index (χ1n) is 5.13. The number of carbonyl (C=O) groups is 1. The predicted molar refractivity (Wildman–Crippen MR) is 59.7 cm³/mol. The standard InChI is InChI=1S/C12H17NO2/c1-9-4-2-5-10(8-9)6-3-7-11(13)12(14)15/h2,4-5,8,11H,3,6-7,13H2,1H3,(H,14,15)/t11-/m0/s1. The zero-order valence-electron chi connectivity index (χ0n) is 8.94. The fraction of sp³-hybridized carbons (Fsp3) is 0.417. The molecule has 0 heterocycles. The summed E-state index contributed by atoms with van der Waals surface area (Å²) >= 11 is 0. The molecule has 0 aromatic heterocycles. The zero-order chi connectivity index (χ0) is 11.3.